The van der Waals surface area contributed by atoms with Gasteiger partial charge in [0.15, 0.2) is 0 Å². The summed E-state index contributed by atoms with van der Waals surface area (Å²) in [6.07, 6.45) is 1.48. The summed E-state index contributed by atoms with van der Waals surface area (Å²) in [5.41, 5.74) is 0.923. The second-order valence-electron chi connectivity index (χ2n) is 3.20. The molecule has 82 valence electrons. The number of anilines is 1. The smallest absolute Gasteiger partial charge is 0.274 e. The summed E-state index contributed by atoms with van der Waals surface area (Å²) >= 11 is 6.01. The molecule has 0 spiro atoms. The van der Waals surface area contributed by atoms with E-state index in [9.17, 15) is 4.79 Å². The lowest BCUT2D eigenvalue weighted by molar-refractivity contribution is 1.12. The molecule has 2 aromatic rings. The fourth-order valence-corrected chi connectivity index (χ4v) is 1.59. The maximum atomic E-state index is 11.6. The van der Waals surface area contributed by atoms with E-state index in [1.54, 1.807) is 19.2 Å². The molecule has 0 fully saturated rings. The zero-order chi connectivity index (χ0) is 11.5. The van der Waals surface area contributed by atoms with Crippen molar-refractivity contribution >= 4 is 17.3 Å². The van der Waals surface area contributed by atoms with Gasteiger partial charge in [-0.15, -0.1) is 0 Å². The molecule has 0 aliphatic carbocycles. The van der Waals surface area contributed by atoms with Crippen LogP contribution in [-0.2, 0) is 0 Å². The van der Waals surface area contributed by atoms with Gasteiger partial charge in [0.1, 0.15) is 11.5 Å². The summed E-state index contributed by atoms with van der Waals surface area (Å²) in [7, 11) is 1.67. The zero-order valence-electron chi connectivity index (χ0n) is 8.62. The Balaban J connectivity index is 2.54. The number of H-pyrrole nitrogens is 1. The van der Waals surface area contributed by atoms with E-state index in [-0.39, 0.29) is 5.56 Å². The molecule has 0 unspecified atom stereocenters. The Labute approximate surface area is 97.3 Å². The molecular formula is C11H10ClN3O. The van der Waals surface area contributed by atoms with Crippen LogP contribution in [0.3, 0.4) is 0 Å². The van der Waals surface area contributed by atoms with Crippen molar-refractivity contribution in [2.24, 2.45) is 0 Å². The van der Waals surface area contributed by atoms with E-state index >= 15 is 0 Å². The Kier molecular flexibility index (Phi) is 2.92. The van der Waals surface area contributed by atoms with Gasteiger partial charge in [0.2, 0.25) is 0 Å². The molecule has 4 nitrogen and oxygen atoms in total. The Bertz CT molecular complexity index is 565. The van der Waals surface area contributed by atoms with Gasteiger partial charge in [0, 0.05) is 12.6 Å². The quantitative estimate of drug-likeness (QED) is 0.839. The molecule has 0 saturated carbocycles. The topological polar surface area (TPSA) is 57.8 Å². The van der Waals surface area contributed by atoms with Gasteiger partial charge in [0.25, 0.3) is 5.56 Å². The van der Waals surface area contributed by atoms with Crippen molar-refractivity contribution in [2.75, 3.05) is 12.4 Å². The van der Waals surface area contributed by atoms with Gasteiger partial charge < -0.3 is 10.3 Å². The largest absolute Gasteiger partial charge is 0.382 e. The Hall–Kier alpha value is -1.81. The summed E-state index contributed by atoms with van der Waals surface area (Å²) in [5.74, 6) is 0.467. The Morgan fingerprint density at radius 2 is 2.12 bits per heavy atom. The van der Waals surface area contributed by atoms with Crippen LogP contribution in [0.25, 0.3) is 11.4 Å². The van der Waals surface area contributed by atoms with Crippen LogP contribution in [0.15, 0.2) is 35.3 Å². The lowest BCUT2D eigenvalue weighted by Gasteiger charge is -2.04. The van der Waals surface area contributed by atoms with Crippen molar-refractivity contribution in [3.63, 3.8) is 0 Å². The van der Waals surface area contributed by atoms with E-state index in [0.717, 1.165) is 0 Å². The van der Waals surface area contributed by atoms with E-state index in [2.05, 4.69) is 15.3 Å². The minimum absolute atomic E-state index is 0.215. The maximum Gasteiger partial charge on any atom is 0.274 e. The maximum absolute atomic E-state index is 11.6. The summed E-state index contributed by atoms with van der Waals surface area (Å²) in [6.45, 7) is 0. The molecule has 16 heavy (non-hydrogen) atoms. The average Bonchev–Trinajstić information content (AvgIpc) is 2.29. The average molecular weight is 236 g/mol. The molecular weight excluding hydrogens is 226 g/mol. The van der Waals surface area contributed by atoms with E-state index in [1.807, 2.05) is 12.1 Å². The van der Waals surface area contributed by atoms with Gasteiger partial charge in [-0.2, -0.15) is 0 Å². The molecule has 0 bridgehead atoms. The van der Waals surface area contributed by atoms with Gasteiger partial charge in [-0.3, -0.25) is 4.79 Å². The molecule has 5 heteroatoms. The van der Waals surface area contributed by atoms with Gasteiger partial charge in [0.05, 0.1) is 11.2 Å². The molecule has 0 aliphatic rings. The van der Waals surface area contributed by atoms with Crippen LogP contribution in [0, 0.1) is 0 Å². The first-order valence-corrected chi connectivity index (χ1v) is 5.12. The number of nitrogens with one attached hydrogen (secondary N) is 2. The third-order valence-electron chi connectivity index (χ3n) is 2.20. The van der Waals surface area contributed by atoms with Crippen molar-refractivity contribution < 1.29 is 0 Å². The molecule has 2 rings (SSSR count). The molecule has 0 radical (unpaired) electrons. The van der Waals surface area contributed by atoms with Gasteiger partial charge >= 0.3 is 0 Å². The minimum atomic E-state index is -0.215. The molecule has 0 atom stereocenters. The Morgan fingerprint density at radius 3 is 2.75 bits per heavy atom. The molecule has 1 aromatic heterocycles. The second kappa shape index (κ2) is 4.37. The van der Waals surface area contributed by atoms with Gasteiger partial charge in [-0.25, -0.2) is 4.98 Å². The van der Waals surface area contributed by atoms with Crippen LogP contribution in [0.1, 0.15) is 0 Å². The van der Waals surface area contributed by atoms with Crippen molar-refractivity contribution in [1.82, 2.24) is 9.97 Å². The van der Waals surface area contributed by atoms with E-state index in [0.29, 0.717) is 22.1 Å². The standard InChI is InChI=1S/C11H10ClN3O/c1-13-9-6-14-10(15-11(9)16)7-4-2-3-5-8(7)12/h2-6,13H,1H3,(H,14,15,16). The molecule has 2 N–H and O–H groups in total. The summed E-state index contributed by atoms with van der Waals surface area (Å²) in [6, 6.07) is 7.22. The van der Waals surface area contributed by atoms with Crippen molar-refractivity contribution in [3.05, 3.63) is 45.8 Å². The molecule has 0 saturated heterocycles. The SMILES string of the molecule is CNc1cnc(-c2ccccc2Cl)[nH]c1=O. The highest BCUT2D eigenvalue weighted by Crippen LogP contribution is 2.23. The monoisotopic (exact) mass is 235 g/mol. The highest BCUT2D eigenvalue weighted by atomic mass is 35.5. The third kappa shape index (κ3) is 1.92. The second-order valence-corrected chi connectivity index (χ2v) is 3.61. The predicted octanol–water partition coefficient (Wildman–Crippen LogP) is 2.13. The molecule has 1 heterocycles. The predicted molar refractivity (Wildman–Crippen MR) is 64.9 cm³/mol. The van der Waals surface area contributed by atoms with Crippen LogP contribution in [0.5, 0.6) is 0 Å². The molecule has 0 aliphatic heterocycles. The summed E-state index contributed by atoms with van der Waals surface area (Å²) < 4.78 is 0. The fraction of sp³-hybridized carbons (Fsp3) is 0.0909. The van der Waals surface area contributed by atoms with Gasteiger partial charge in [-0.05, 0) is 12.1 Å². The first kappa shape index (κ1) is 10.7. The number of hydrogen-bond donors (Lipinski definition) is 2. The van der Waals surface area contributed by atoms with Crippen LogP contribution in [0.2, 0.25) is 5.02 Å². The van der Waals surface area contributed by atoms with Crippen LogP contribution in [-0.4, -0.2) is 17.0 Å². The van der Waals surface area contributed by atoms with E-state index in [4.69, 9.17) is 11.6 Å². The number of hydrogen-bond acceptors (Lipinski definition) is 3. The number of aromatic nitrogens is 2. The van der Waals surface area contributed by atoms with Crippen LogP contribution < -0.4 is 10.9 Å². The first-order chi connectivity index (χ1) is 7.72. The van der Waals surface area contributed by atoms with Gasteiger partial charge in [-0.1, -0.05) is 23.7 Å². The number of benzene rings is 1. The Morgan fingerprint density at radius 1 is 1.38 bits per heavy atom. The number of nitrogens with zero attached hydrogens (tertiary/aromatic N) is 1. The van der Waals surface area contributed by atoms with E-state index in [1.165, 1.54) is 6.20 Å². The highest BCUT2D eigenvalue weighted by molar-refractivity contribution is 6.33. The van der Waals surface area contributed by atoms with Crippen molar-refractivity contribution in [3.8, 4) is 11.4 Å². The lowest BCUT2D eigenvalue weighted by atomic mass is 10.2. The first-order valence-electron chi connectivity index (χ1n) is 4.74. The minimum Gasteiger partial charge on any atom is -0.382 e. The van der Waals surface area contributed by atoms with Crippen LogP contribution >= 0.6 is 11.6 Å². The fourth-order valence-electron chi connectivity index (χ4n) is 1.36. The zero-order valence-corrected chi connectivity index (χ0v) is 9.38. The normalized spacial score (nSPS) is 10.1. The third-order valence-corrected chi connectivity index (χ3v) is 2.53. The number of aromatic amines is 1. The van der Waals surface area contributed by atoms with Crippen molar-refractivity contribution in [1.29, 1.82) is 0 Å². The number of rotatable bonds is 2. The summed E-state index contributed by atoms with van der Waals surface area (Å²) in [5, 5.41) is 3.31. The number of halogens is 1. The molecule has 0 amide bonds. The van der Waals surface area contributed by atoms with E-state index < -0.39 is 0 Å². The summed E-state index contributed by atoms with van der Waals surface area (Å²) in [4.78, 5) is 18.4. The van der Waals surface area contributed by atoms with Crippen LogP contribution in [0.4, 0.5) is 5.69 Å². The lowest BCUT2D eigenvalue weighted by Crippen LogP contribution is -2.13. The highest BCUT2D eigenvalue weighted by Gasteiger charge is 2.06. The molecule has 1 aromatic carbocycles. The van der Waals surface area contributed by atoms with Crippen molar-refractivity contribution in [2.45, 2.75) is 0 Å².